The van der Waals surface area contributed by atoms with E-state index in [-0.39, 0.29) is 45.5 Å². The maximum absolute atomic E-state index is 14.0. The van der Waals surface area contributed by atoms with Gasteiger partial charge in [-0.1, -0.05) is 54.0 Å². The summed E-state index contributed by atoms with van der Waals surface area (Å²) in [4.78, 5) is 38.9. The molecular weight excluding hydrogens is 644 g/mol. The molecule has 2 heterocycles. The number of ether oxygens (including phenoxy) is 1. The SMILES string of the molecule is CC(C)C1=C2[C@H]3CCC4[C@@]5(C)CC[C@H](OC(=O)CC(C)(C)C(=O)O)C(C)(C)C5CC[C@@]4(C)[C@]3(C)CC[C@@]2(Cc2nnc(-c3ccco3)o2)CC1=O. The highest BCUT2D eigenvalue weighted by molar-refractivity contribution is 6.00. The summed E-state index contributed by atoms with van der Waals surface area (Å²) < 4.78 is 17.9. The first-order valence-corrected chi connectivity index (χ1v) is 19.4. The zero-order valence-corrected chi connectivity index (χ0v) is 32.2. The minimum absolute atomic E-state index is 0.0253. The summed E-state index contributed by atoms with van der Waals surface area (Å²) in [6.07, 6.45) is 10.4. The van der Waals surface area contributed by atoms with E-state index < -0.39 is 17.4 Å². The van der Waals surface area contributed by atoms with Crippen molar-refractivity contribution in [3.05, 3.63) is 35.4 Å². The Morgan fingerprint density at radius 2 is 1.73 bits per heavy atom. The lowest BCUT2D eigenvalue weighted by Gasteiger charge is -2.72. The third-order valence-electron chi connectivity index (χ3n) is 15.6. The van der Waals surface area contributed by atoms with Gasteiger partial charge in [0.2, 0.25) is 5.89 Å². The lowest BCUT2D eigenvalue weighted by molar-refractivity contribution is -0.233. The number of rotatable bonds is 8. The summed E-state index contributed by atoms with van der Waals surface area (Å²) >= 11 is 0. The minimum Gasteiger partial charge on any atom is -0.481 e. The summed E-state index contributed by atoms with van der Waals surface area (Å²) in [5, 5.41) is 18.4. The van der Waals surface area contributed by atoms with E-state index in [0.717, 1.165) is 56.9 Å². The summed E-state index contributed by atoms with van der Waals surface area (Å²) in [5.41, 5.74) is 0.918. The van der Waals surface area contributed by atoms with Crippen LogP contribution in [0.25, 0.3) is 11.7 Å². The number of ketones is 1. The fourth-order valence-electron chi connectivity index (χ4n) is 12.9. The van der Waals surface area contributed by atoms with Gasteiger partial charge in [-0.25, -0.2) is 0 Å². The van der Waals surface area contributed by atoms with Gasteiger partial charge in [-0.2, -0.15) is 0 Å². The Morgan fingerprint density at radius 3 is 2.39 bits per heavy atom. The Morgan fingerprint density at radius 1 is 0.980 bits per heavy atom. The fraction of sp³-hybridized carbons (Fsp3) is 0.738. The second-order valence-corrected chi connectivity index (χ2v) is 19.3. The first kappa shape index (κ1) is 36.1. The highest BCUT2D eigenvalue weighted by atomic mass is 16.5. The summed E-state index contributed by atoms with van der Waals surface area (Å²) in [7, 11) is 0. The number of aromatic nitrogens is 2. The number of hydrogen-bond acceptors (Lipinski definition) is 8. The molecule has 8 atom stereocenters. The molecule has 0 radical (unpaired) electrons. The fourth-order valence-corrected chi connectivity index (χ4v) is 12.9. The molecule has 9 nitrogen and oxygen atoms in total. The van der Waals surface area contributed by atoms with Crippen LogP contribution in [-0.2, 0) is 25.5 Å². The first-order valence-electron chi connectivity index (χ1n) is 19.4. The Balaban J connectivity index is 1.18. The number of hydrogen-bond donors (Lipinski definition) is 1. The van der Waals surface area contributed by atoms with Gasteiger partial charge in [0.05, 0.1) is 18.1 Å². The van der Waals surface area contributed by atoms with Crippen LogP contribution in [0.2, 0.25) is 0 Å². The molecule has 4 fully saturated rings. The van der Waals surface area contributed by atoms with Crippen molar-refractivity contribution in [1.29, 1.82) is 0 Å². The van der Waals surface area contributed by atoms with Crippen molar-refractivity contribution in [2.24, 2.45) is 56.2 Å². The topological polar surface area (TPSA) is 133 Å². The average Bonchev–Trinajstić information content (AvgIpc) is 3.78. The number of carbonyl (C=O) groups is 3. The number of furan rings is 1. The van der Waals surface area contributed by atoms with Crippen molar-refractivity contribution in [1.82, 2.24) is 10.2 Å². The maximum Gasteiger partial charge on any atom is 0.309 e. The lowest BCUT2D eigenvalue weighted by atomic mass is 9.33. The van der Waals surface area contributed by atoms with Gasteiger partial charge in [-0.15, -0.1) is 10.2 Å². The zero-order valence-electron chi connectivity index (χ0n) is 32.2. The van der Waals surface area contributed by atoms with E-state index >= 15 is 0 Å². The molecule has 7 rings (SSSR count). The number of carboxylic acids is 1. The number of Topliss-reactive ketones (excluding diaryl/α,β-unsaturated/α-hetero) is 1. The standard InChI is InChI=1S/C42H58N2O7/c1-24(2)33-26(45)21-42(22-31-43-44-35(51-31)27-11-10-20-49-27)19-18-40(8)25(34(33)42)12-13-29-39(7)16-15-30(50-32(46)23-37(3,4)36(47)48)38(5,6)28(39)14-17-41(29,40)9/h10-11,20,24-25,28-30H,12-19,21-23H2,1-9H3,(H,47,48)/t25-,28?,29?,30+,39+,40-,41-,42+/m1/s1. The van der Waals surface area contributed by atoms with Crippen molar-refractivity contribution in [2.75, 3.05) is 0 Å². The van der Waals surface area contributed by atoms with Crippen LogP contribution >= 0.6 is 0 Å². The molecule has 0 aromatic carbocycles. The van der Waals surface area contributed by atoms with E-state index in [1.807, 2.05) is 12.1 Å². The molecule has 2 unspecified atom stereocenters. The molecule has 0 bridgehead atoms. The predicted octanol–water partition coefficient (Wildman–Crippen LogP) is 9.27. The Hall–Kier alpha value is -3.23. The molecular formula is C42H58N2O7. The van der Waals surface area contributed by atoms with Gasteiger partial charge < -0.3 is 18.7 Å². The number of carboxylic acid groups (broad SMARTS) is 1. The van der Waals surface area contributed by atoms with Gasteiger partial charge in [0.15, 0.2) is 11.5 Å². The molecule has 0 saturated heterocycles. The maximum atomic E-state index is 14.0. The van der Waals surface area contributed by atoms with Gasteiger partial charge in [0.1, 0.15) is 6.10 Å². The van der Waals surface area contributed by atoms with Crippen LogP contribution in [0.4, 0.5) is 0 Å². The molecule has 1 N–H and O–H groups in total. The number of fused-ring (bicyclic) bond motifs is 7. The molecule has 0 amide bonds. The van der Waals surface area contributed by atoms with Gasteiger partial charge in [-0.05, 0) is 123 Å². The second-order valence-electron chi connectivity index (χ2n) is 19.3. The minimum atomic E-state index is -1.16. The van der Waals surface area contributed by atoms with Crippen molar-refractivity contribution in [2.45, 2.75) is 139 Å². The lowest BCUT2D eigenvalue weighted by Crippen LogP contribution is -2.65. The van der Waals surface area contributed by atoms with Crippen LogP contribution in [0.3, 0.4) is 0 Å². The van der Waals surface area contributed by atoms with Gasteiger partial charge in [0.25, 0.3) is 5.89 Å². The molecule has 5 aliphatic carbocycles. The van der Waals surface area contributed by atoms with Crippen molar-refractivity contribution >= 4 is 17.7 Å². The Bertz CT molecular complexity index is 1750. The normalized spacial score (nSPS) is 37.4. The molecule has 9 heteroatoms. The van der Waals surface area contributed by atoms with E-state index in [2.05, 4.69) is 58.7 Å². The van der Waals surface area contributed by atoms with E-state index in [1.165, 1.54) is 5.57 Å². The first-order chi connectivity index (χ1) is 23.8. The second kappa shape index (κ2) is 11.9. The van der Waals surface area contributed by atoms with Crippen LogP contribution in [0.5, 0.6) is 0 Å². The van der Waals surface area contributed by atoms with Gasteiger partial charge in [0, 0.05) is 23.7 Å². The van der Waals surface area contributed by atoms with E-state index in [1.54, 1.807) is 20.1 Å². The van der Waals surface area contributed by atoms with Crippen molar-refractivity contribution < 1.29 is 33.1 Å². The van der Waals surface area contributed by atoms with Crippen LogP contribution in [0.1, 0.15) is 132 Å². The molecule has 0 aliphatic heterocycles. The zero-order chi connectivity index (χ0) is 36.9. The van der Waals surface area contributed by atoms with Crippen molar-refractivity contribution in [3.8, 4) is 11.7 Å². The number of aliphatic carboxylic acids is 1. The van der Waals surface area contributed by atoms with Gasteiger partial charge in [-0.3, -0.25) is 14.4 Å². The third kappa shape index (κ3) is 5.32. The highest BCUT2D eigenvalue weighted by Gasteiger charge is 2.70. The molecule has 2 aromatic rings. The van der Waals surface area contributed by atoms with Crippen molar-refractivity contribution in [3.63, 3.8) is 0 Å². The van der Waals surface area contributed by atoms with E-state index in [0.29, 0.717) is 53.9 Å². The number of esters is 1. The molecule has 278 valence electrons. The molecule has 4 saturated carbocycles. The smallest absolute Gasteiger partial charge is 0.309 e. The number of nitrogens with zero attached hydrogens (tertiary/aromatic N) is 2. The van der Waals surface area contributed by atoms with Crippen LogP contribution in [0.15, 0.2) is 38.4 Å². The molecule has 51 heavy (non-hydrogen) atoms. The molecule has 0 spiro atoms. The average molecular weight is 703 g/mol. The highest BCUT2D eigenvalue weighted by Crippen LogP contribution is 2.77. The van der Waals surface area contributed by atoms with Crippen LogP contribution < -0.4 is 0 Å². The number of carbonyl (C=O) groups excluding carboxylic acids is 2. The quantitative estimate of drug-likeness (QED) is 0.267. The monoisotopic (exact) mass is 702 g/mol. The Kier molecular flexibility index (Phi) is 8.43. The van der Waals surface area contributed by atoms with Crippen LogP contribution in [0, 0.1) is 56.2 Å². The third-order valence-corrected chi connectivity index (χ3v) is 15.6. The Labute approximate surface area is 302 Å². The largest absolute Gasteiger partial charge is 0.481 e. The summed E-state index contributed by atoms with van der Waals surface area (Å²) in [5.74, 6) is 1.73. The van der Waals surface area contributed by atoms with E-state index in [4.69, 9.17) is 13.6 Å². The predicted molar refractivity (Wildman–Crippen MR) is 191 cm³/mol. The summed E-state index contributed by atoms with van der Waals surface area (Å²) in [6, 6.07) is 3.63. The molecule has 2 aromatic heterocycles. The number of allylic oxidation sites excluding steroid dienone is 2. The van der Waals surface area contributed by atoms with Crippen LogP contribution in [-0.4, -0.2) is 39.1 Å². The summed E-state index contributed by atoms with van der Waals surface area (Å²) in [6.45, 7) is 19.7. The van der Waals surface area contributed by atoms with E-state index in [9.17, 15) is 19.5 Å². The molecule has 5 aliphatic rings. The van der Waals surface area contributed by atoms with Gasteiger partial charge >= 0.3 is 11.9 Å².